The minimum Gasteiger partial charge on any atom is -0.505 e. The van der Waals surface area contributed by atoms with Crippen LogP contribution in [0, 0.1) is 5.92 Å². The summed E-state index contributed by atoms with van der Waals surface area (Å²) in [7, 11) is 0. The summed E-state index contributed by atoms with van der Waals surface area (Å²) < 4.78 is 5.69. The van der Waals surface area contributed by atoms with Crippen LogP contribution in [0.15, 0.2) is 24.4 Å². The third-order valence-corrected chi connectivity index (χ3v) is 5.03. The van der Waals surface area contributed by atoms with Crippen molar-refractivity contribution >= 4 is 28.4 Å². The van der Waals surface area contributed by atoms with E-state index in [4.69, 9.17) is 16.3 Å². The van der Waals surface area contributed by atoms with Gasteiger partial charge in [0, 0.05) is 36.0 Å². The summed E-state index contributed by atoms with van der Waals surface area (Å²) in [5.41, 5.74) is 0.935. The van der Waals surface area contributed by atoms with Gasteiger partial charge in [-0.05, 0) is 31.0 Å². The molecule has 5 nitrogen and oxygen atoms in total. The molecule has 3 heterocycles. The number of hydrogen-bond acceptors (Lipinski definition) is 4. The van der Waals surface area contributed by atoms with Gasteiger partial charge in [0.15, 0.2) is 0 Å². The molecule has 0 radical (unpaired) electrons. The lowest BCUT2D eigenvalue weighted by Crippen LogP contribution is -2.44. The molecule has 0 bridgehead atoms. The smallest absolute Gasteiger partial charge is 0.258 e. The van der Waals surface area contributed by atoms with Crippen LogP contribution >= 0.6 is 11.6 Å². The van der Waals surface area contributed by atoms with Gasteiger partial charge < -0.3 is 14.7 Å². The van der Waals surface area contributed by atoms with E-state index < -0.39 is 0 Å². The van der Waals surface area contributed by atoms with Crippen LogP contribution in [0.5, 0.6) is 5.75 Å². The zero-order valence-corrected chi connectivity index (χ0v) is 13.3. The molecule has 2 aromatic rings. The van der Waals surface area contributed by atoms with Crippen LogP contribution in [0.4, 0.5) is 0 Å². The van der Waals surface area contributed by atoms with Gasteiger partial charge in [-0.15, -0.1) is 0 Å². The number of ether oxygens (including phenoxy) is 1. The van der Waals surface area contributed by atoms with E-state index in [0.29, 0.717) is 34.9 Å². The highest BCUT2D eigenvalue weighted by molar-refractivity contribution is 6.31. The van der Waals surface area contributed by atoms with Crippen LogP contribution in [0.3, 0.4) is 0 Å². The molecule has 23 heavy (non-hydrogen) atoms. The zero-order chi connectivity index (χ0) is 16.0. The normalized spacial score (nSPS) is 24.0. The van der Waals surface area contributed by atoms with Crippen molar-refractivity contribution in [3.05, 3.63) is 35.0 Å². The number of hydrogen-bond donors (Lipinski definition) is 1. The van der Waals surface area contributed by atoms with Crippen molar-refractivity contribution in [3.63, 3.8) is 0 Å². The Bertz CT molecular complexity index is 775. The van der Waals surface area contributed by atoms with Crippen molar-refractivity contribution < 1.29 is 14.6 Å². The molecule has 2 fully saturated rings. The van der Waals surface area contributed by atoms with E-state index in [0.717, 1.165) is 19.4 Å². The first-order chi connectivity index (χ1) is 11.1. The summed E-state index contributed by atoms with van der Waals surface area (Å²) in [6, 6.07) is 5.16. The molecule has 1 aromatic carbocycles. The van der Waals surface area contributed by atoms with Crippen LogP contribution in [0.1, 0.15) is 23.2 Å². The molecule has 1 N–H and O–H groups in total. The molecule has 1 aromatic heterocycles. The summed E-state index contributed by atoms with van der Waals surface area (Å²) in [6.07, 6.45) is 3.44. The molecular formula is C17H17ClN2O3. The lowest BCUT2D eigenvalue weighted by atomic mass is 9.93. The van der Waals surface area contributed by atoms with Crippen LogP contribution < -0.4 is 0 Å². The van der Waals surface area contributed by atoms with Crippen molar-refractivity contribution in [3.8, 4) is 5.75 Å². The molecule has 4 rings (SSSR count). The Morgan fingerprint density at radius 1 is 1.39 bits per heavy atom. The van der Waals surface area contributed by atoms with Gasteiger partial charge in [0.2, 0.25) is 0 Å². The van der Waals surface area contributed by atoms with E-state index in [1.54, 1.807) is 18.2 Å². The number of rotatable bonds is 1. The zero-order valence-electron chi connectivity index (χ0n) is 12.5. The average molecular weight is 333 g/mol. The van der Waals surface area contributed by atoms with Crippen LogP contribution in [0.25, 0.3) is 10.9 Å². The van der Waals surface area contributed by atoms with E-state index in [9.17, 15) is 9.90 Å². The first-order valence-corrected chi connectivity index (χ1v) is 8.19. The summed E-state index contributed by atoms with van der Waals surface area (Å²) in [5.74, 6) is 0.128. The first kappa shape index (κ1) is 14.7. The van der Waals surface area contributed by atoms with Gasteiger partial charge in [-0.25, -0.2) is 0 Å². The Balaban J connectivity index is 1.72. The van der Waals surface area contributed by atoms with Crippen molar-refractivity contribution in [2.75, 3.05) is 19.7 Å². The second-order valence-electron chi connectivity index (χ2n) is 6.18. The third kappa shape index (κ3) is 2.54. The second kappa shape index (κ2) is 5.65. The first-order valence-electron chi connectivity index (χ1n) is 7.81. The summed E-state index contributed by atoms with van der Waals surface area (Å²) in [5, 5.41) is 11.3. The number of benzene rings is 1. The molecule has 2 aliphatic heterocycles. The fourth-order valence-electron chi connectivity index (χ4n) is 3.60. The lowest BCUT2D eigenvalue weighted by molar-refractivity contribution is 0.0306. The molecule has 2 saturated heterocycles. The number of carbonyl (C=O) groups excluding carboxylic acids is 1. The van der Waals surface area contributed by atoms with Gasteiger partial charge in [0.05, 0.1) is 23.4 Å². The van der Waals surface area contributed by atoms with E-state index in [1.165, 1.54) is 6.20 Å². The Hall–Kier alpha value is -1.85. The molecule has 2 atom stereocenters. The Morgan fingerprint density at radius 2 is 2.26 bits per heavy atom. The maximum atomic E-state index is 13.0. The molecule has 6 heteroatoms. The lowest BCUT2D eigenvalue weighted by Gasteiger charge is -2.34. The van der Waals surface area contributed by atoms with Gasteiger partial charge >= 0.3 is 0 Å². The summed E-state index contributed by atoms with van der Waals surface area (Å²) in [4.78, 5) is 19.0. The van der Waals surface area contributed by atoms with E-state index in [2.05, 4.69) is 4.98 Å². The van der Waals surface area contributed by atoms with Crippen molar-refractivity contribution in [1.29, 1.82) is 0 Å². The molecule has 0 saturated carbocycles. The fourth-order valence-corrected chi connectivity index (χ4v) is 3.77. The SMILES string of the molecule is O=C(c1c(O)cnc2ccc(Cl)cc12)N1CC[C@H]2OCC[C@H]2C1. The number of aromatic hydroxyl groups is 1. The quantitative estimate of drug-likeness (QED) is 0.872. The van der Waals surface area contributed by atoms with Crippen molar-refractivity contribution in [2.24, 2.45) is 5.92 Å². The third-order valence-electron chi connectivity index (χ3n) is 4.80. The van der Waals surface area contributed by atoms with Gasteiger partial charge in [0.25, 0.3) is 5.91 Å². The van der Waals surface area contributed by atoms with E-state index >= 15 is 0 Å². The topological polar surface area (TPSA) is 62.7 Å². The van der Waals surface area contributed by atoms with Gasteiger partial charge in [-0.3, -0.25) is 9.78 Å². The highest BCUT2D eigenvalue weighted by Crippen LogP contribution is 2.33. The molecule has 1 amide bonds. The van der Waals surface area contributed by atoms with Crippen LogP contribution in [0.2, 0.25) is 5.02 Å². The van der Waals surface area contributed by atoms with Gasteiger partial charge in [-0.1, -0.05) is 11.6 Å². The largest absolute Gasteiger partial charge is 0.505 e. The number of fused-ring (bicyclic) bond motifs is 2. The monoisotopic (exact) mass is 332 g/mol. The molecule has 120 valence electrons. The molecule has 2 aliphatic rings. The highest BCUT2D eigenvalue weighted by atomic mass is 35.5. The fraction of sp³-hybridized carbons (Fsp3) is 0.412. The Kier molecular flexibility index (Phi) is 3.62. The minimum atomic E-state index is -0.164. The van der Waals surface area contributed by atoms with Crippen molar-refractivity contribution in [1.82, 2.24) is 9.88 Å². The highest BCUT2D eigenvalue weighted by Gasteiger charge is 2.36. The minimum absolute atomic E-state index is 0.102. The summed E-state index contributed by atoms with van der Waals surface area (Å²) >= 11 is 6.06. The van der Waals surface area contributed by atoms with Crippen molar-refractivity contribution in [2.45, 2.75) is 18.9 Å². The number of amides is 1. The Labute approximate surface area is 138 Å². The molecule has 0 spiro atoms. The van der Waals surface area contributed by atoms with Crippen LogP contribution in [-0.2, 0) is 4.74 Å². The number of piperidine rings is 1. The molecule has 0 unspecified atom stereocenters. The van der Waals surface area contributed by atoms with Crippen LogP contribution in [-0.4, -0.2) is 46.7 Å². The van der Waals surface area contributed by atoms with Gasteiger partial charge in [0.1, 0.15) is 5.75 Å². The maximum absolute atomic E-state index is 13.0. The second-order valence-corrected chi connectivity index (χ2v) is 6.61. The summed E-state index contributed by atoms with van der Waals surface area (Å²) in [6.45, 7) is 2.09. The standard InChI is InChI=1S/C17H17ClN2O3/c18-11-1-2-13-12(7-11)16(14(21)8-19-13)17(22)20-5-3-15-10(9-20)4-6-23-15/h1-2,7-8,10,15,21H,3-6,9H2/t10-,15+/m0/s1. The Morgan fingerprint density at radius 3 is 3.13 bits per heavy atom. The number of aromatic nitrogens is 1. The number of likely N-dealkylation sites (tertiary alicyclic amines) is 1. The number of halogens is 1. The predicted octanol–water partition coefficient (Wildman–Crippen LogP) is 2.84. The van der Waals surface area contributed by atoms with E-state index in [-0.39, 0.29) is 23.3 Å². The number of pyridine rings is 1. The molecule has 0 aliphatic carbocycles. The number of nitrogens with zero attached hydrogens (tertiary/aromatic N) is 2. The maximum Gasteiger partial charge on any atom is 0.258 e. The average Bonchev–Trinajstić information content (AvgIpc) is 3.01. The van der Waals surface area contributed by atoms with E-state index in [1.807, 2.05) is 4.90 Å². The van der Waals surface area contributed by atoms with Gasteiger partial charge in [-0.2, -0.15) is 0 Å². The predicted molar refractivity (Wildman–Crippen MR) is 86.8 cm³/mol. The molecular weight excluding hydrogens is 316 g/mol. The number of carbonyl (C=O) groups is 1.